The summed E-state index contributed by atoms with van der Waals surface area (Å²) in [5.41, 5.74) is 9.62. The summed E-state index contributed by atoms with van der Waals surface area (Å²) in [5, 5.41) is 6.82. The average molecular weight is 629 g/mol. The number of hydrogen-bond acceptors (Lipinski definition) is 4. The van der Waals surface area contributed by atoms with Crippen LogP contribution in [0.4, 0.5) is 17.1 Å². The van der Waals surface area contributed by atoms with Crippen LogP contribution in [-0.2, 0) is 0 Å². The van der Waals surface area contributed by atoms with Crippen LogP contribution in [0, 0.1) is 0 Å². The number of oxazole rings is 1. The van der Waals surface area contributed by atoms with Crippen LogP contribution >= 0.6 is 0 Å². The van der Waals surface area contributed by atoms with Gasteiger partial charge in [0.2, 0.25) is 5.89 Å². The van der Waals surface area contributed by atoms with Gasteiger partial charge in [-0.15, -0.1) is 0 Å². The molecule has 0 N–H and O–H groups in total. The van der Waals surface area contributed by atoms with Crippen LogP contribution in [0.2, 0.25) is 0 Å². The van der Waals surface area contributed by atoms with E-state index in [1.54, 1.807) is 0 Å². The van der Waals surface area contributed by atoms with Crippen LogP contribution in [0.15, 0.2) is 179 Å². The molecule has 0 atom stereocenters. The predicted molar refractivity (Wildman–Crippen MR) is 202 cm³/mol. The zero-order valence-corrected chi connectivity index (χ0v) is 26.4. The van der Waals surface area contributed by atoms with Gasteiger partial charge >= 0.3 is 0 Å². The Kier molecular flexibility index (Phi) is 6.15. The second kappa shape index (κ2) is 11.0. The van der Waals surface area contributed by atoms with Gasteiger partial charge in [-0.3, -0.25) is 0 Å². The van der Waals surface area contributed by atoms with Crippen molar-refractivity contribution in [1.82, 2.24) is 4.98 Å². The number of benzene rings is 8. The number of para-hydroxylation sites is 3. The molecule has 0 amide bonds. The number of hydrogen-bond donors (Lipinski definition) is 0. The van der Waals surface area contributed by atoms with Crippen molar-refractivity contribution in [2.24, 2.45) is 0 Å². The summed E-state index contributed by atoms with van der Waals surface area (Å²) < 4.78 is 12.9. The standard InChI is InChI=1S/C45H28N2O2/c1-2-11-33(12-3-1)47(34-24-20-29(21-25-34)32-22-26-37-36-14-7-9-17-41(36)48-42(37)28-32)40-16-8-6-15-38(40)45-46-39-27-23-31-19-18-30-10-4-5-13-35(30)43(31)44(39)49-45/h1-28H. The quantitative estimate of drug-likeness (QED) is 0.178. The predicted octanol–water partition coefficient (Wildman–Crippen LogP) is 12.8. The van der Waals surface area contributed by atoms with Crippen LogP contribution in [0.25, 0.3) is 77.2 Å². The van der Waals surface area contributed by atoms with E-state index < -0.39 is 0 Å². The number of rotatable bonds is 5. The molecule has 0 aliphatic heterocycles. The molecular weight excluding hydrogens is 601 g/mol. The van der Waals surface area contributed by atoms with Gasteiger partial charge in [-0.2, -0.15) is 0 Å². The lowest BCUT2D eigenvalue weighted by atomic mass is 10.0. The molecule has 0 aliphatic rings. The van der Waals surface area contributed by atoms with Gasteiger partial charge in [0.25, 0.3) is 0 Å². The third-order valence-corrected chi connectivity index (χ3v) is 9.49. The summed E-state index contributed by atoms with van der Waals surface area (Å²) >= 11 is 0. The first-order valence-corrected chi connectivity index (χ1v) is 16.5. The SMILES string of the molecule is c1ccc(N(c2ccc(-c3ccc4c(c3)oc3ccccc34)cc2)c2ccccc2-c2nc3ccc4ccc5ccccc5c4c3o2)cc1. The van der Waals surface area contributed by atoms with Crippen molar-refractivity contribution in [1.29, 1.82) is 0 Å². The van der Waals surface area contributed by atoms with Crippen LogP contribution in [-0.4, -0.2) is 4.98 Å². The van der Waals surface area contributed by atoms with Gasteiger partial charge in [0.15, 0.2) is 5.58 Å². The number of nitrogens with zero attached hydrogens (tertiary/aromatic N) is 2. The van der Waals surface area contributed by atoms with Gasteiger partial charge in [-0.05, 0) is 87.9 Å². The molecule has 0 saturated carbocycles. The molecule has 0 aliphatic carbocycles. The number of aromatic nitrogens is 1. The fraction of sp³-hybridized carbons (Fsp3) is 0. The molecule has 8 aromatic carbocycles. The fourth-order valence-corrected chi connectivity index (χ4v) is 7.15. The van der Waals surface area contributed by atoms with Crippen molar-refractivity contribution in [3.63, 3.8) is 0 Å². The molecule has 0 fully saturated rings. The maximum atomic E-state index is 6.73. The van der Waals surface area contributed by atoms with E-state index in [0.717, 1.165) is 82.9 Å². The highest BCUT2D eigenvalue weighted by atomic mass is 16.3. The first-order valence-electron chi connectivity index (χ1n) is 16.5. The second-order valence-corrected chi connectivity index (χ2v) is 12.4. The topological polar surface area (TPSA) is 42.4 Å². The summed E-state index contributed by atoms with van der Waals surface area (Å²) in [5.74, 6) is 0.586. The molecular formula is C45H28N2O2. The Bertz CT molecular complexity index is 2830. The molecule has 0 bridgehead atoms. The normalized spacial score (nSPS) is 11.7. The van der Waals surface area contributed by atoms with Gasteiger partial charge in [-0.25, -0.2) is 4.98 Å². The molecule has 10 aromatic rings. The Morgan fingerprint density at radius 2 is 1.12 bits per heavy atom. The number of fused-ring (bicyclic) bond motifs is 8. The molecule has 10 rings (SSSR count). The van der Waals surface area contributed by atoms with E-state index in [2.05, 4.69) is 150 Å². The Morgan fingerprint density at radius 1 is 0.449 bits per heavy atom. The first-order chi connectivity index (χ1) is 24.3. The average Bonchev–Trinajstić information content (AvgIpc) is 3.77. The van der Waals surface area contributed by atoms with Crippen LogP contribution in [0.5, 0.6) is 0 Å². The van der Waals surface area contributed by atoms with Gasteiger partial charge in [0.05, 0.1) is 11.3 Å². The summed E-state index contributed by atoms with van der Waals surface area (Å²) in [6, 6.07) is 59.1. The molecule has 0 radical (unpaired) electrons. The zero-order chi connectivity index (χ0) is 32.3. The molecule has 0 unspecified atom stereocenters. The Balaban J connectivity index is 1.10. The number of anilines is 3. The van der Waals surface area contributed by atoms with Crippen molar-refractivity contribution in [2.45, 2.75) is 0 Å². The fourth-order valence-electron chi connectivity index (χ4n) is 7.15. The molecule has 4 nitrogen and oxygen atoms in total. The highest BCUT2D eigenvalue weighted by molar-refractivity contribution is 6.18. The van der Waals surface area contributed by atoms with E-state index in [-0.39, 0.29) is 0 Å². The van der Waals surface area contributed by atoms with E-state index in [0.29, 0.717) is 5.89 Å². The van der Waals surface area contributed by atoms with Crippen LogP contribution in [0.3, 0.4) is 0 Å². The maximum Gasteiger partial charge on any atom is 0.229 e. The molecule has 49 heavy (non-hydrogen) atoms. The van der Waals surface area contributed by atoms with E-state index in [4.69, 9.17) is 13.8 Å². The monoisotopic (exact) mass is 628 g/mol. The highest BCUT2D eigenvalue weighted by Crippen LogP contribution is 2.43. The van der Waals surface area contributed by atoms with Crippen molar-refractivity contribution < 1.29 is 8.83 Å². The minimum absolute atomic E-state index is 0.586. The third kappa shape index (κ3) is 4.49. The summed E-state index contributed by atoms with van der Waals surface area (Å²) in [7, 11) is 0. The minimum Gasteiger partial charge on any atom is -0.456 e. The van der Waals surface area contributed by atoms with Crippen molar-refractivity contribution in [3.05, 3.63) is 170 Å². The molecule has 230 valence electrons. The molecule has 4 heteroatoms. The Labute approximate surface area is 282 Å². The van der Waals surface area contributed by atoms with E-state index in [1.807, 2.05) is 24.3 Å². The summed E-state index contributed by atoms with van der Waals surface area (Å²) in [4.78, 5) is 7.33. The molecule has 2 aromatic heterocycles. The molecule has 2 heterocycles. The smallest absolute Gasteiger partial charge is 0.229 e. The molecule has 0 saturated heterocycles. The summed E-state index contributed by atoms with van der Waals surface area (Å²) in [6.07, 6.45) is 0. The third-order valence-electron chi connectivity index (χ3n) is 9.49. The van der Waals surface area contributed by atoms with Crippen molar-refractivity contribution >= 4 is 71.6 Å². The largest absolute Gasteiger partial charge is 0.456 e. The Hall–Kier alpha value is -6.65. The lowest BCUT2D eigenvalue weighted by molar-refractivity contribution is 0.623. The van der Waals surface area contributed by atoms with Crippen LogP contribution in [0.1, 0.15) is 0 Å². The summed E-state index contributed by atoms with van der Waals surface area (Å²) in [6.45, 7) is 0. The van der Waals surface area contributed by atoms with Gasteiger partial charge in [-0.1, -0.05) is 109 Å². The Morgan fingerprint density at radius 3 is 2.02 bits per heavy atom. The van der Waals surface area contributed by atoms with Gasteiger partial charge < -0.3 is 13.7 Å². The van der Waals surface area contributed by atoms with Crippen LogP contribution < -0.4 is 4.90 Å². The van der Waals surface area contributed by atoms with Gasteiger partial charge in [0.1, 0.15) is 16.7 Å². The van der Waals surface area contributed by atoms with Crippen molar-refractivity contribution in [3.8, 4) is 22.6 Å². The lowest BCUT2D eigenvalue weighted by Crippen LogP contribution is -2.11. The van der Waals surface area contributed by atoms with E-state index in [1.165, 1.54) is 5.39 Å². The van der Waals surface area contributed by atoms with E-state index >= 15 is 0 Å². The lowest BCUT2D eigenvalue weighted by Gasteiger charge is -2.27. The van der Waals surface area contributed by atoms with Crippen molar-refractivity contribution in [2.75, 3.05) is 4.90 Å². The van der Waals surface area contributed by atoms with E-state index in [9.17, 15) is 0 Å². The minimum atomic E-state index is 0.586. The zero-order valence-electron chi connectivity index (χ0n) is 26.4. The number of furan rings is 1. The maximum absolute atomic E-state index is 6.73. The molecule has 0 spiro atoms. The second-order valence-electron chi connectivity index (χ2n) is 12.4. The highest BCUT2D eigenvalue weighted by Gasteiger charge is 2.21. The van der Waals surface area contributed by atoms with Gasteiger partial charge in [0, 0.05) is 27.5 Å². The first kappa shape index (κ1) is 27.5.